The Bertz CT molecular complexity index is 831. The molecule has 0 aliphatic carbocycles. The number of hydrogen-bond donors (Lipinski definition) is 1. The third kappa shape index (κ3) is 6.93. The normalized spacial score (nSPS) is 12.1. The molecule has 1 N–H and O–H groups in total. The van der Waals surface area contributed by atoms with Crippen molar-refractivity contribution >= 4 is 10.0 Å². The number of nitrogens with zero attached hydrogens (tertiary/aromatic N) is 1. The SMILES string of the molecule is COc1ccc(S(=O)(=O)NC(C#N)CCCCCOc2ccccc2)cc1. The van der Waals surface area contributed by atoms with Gasteiger partial charge in [-0.05, 0) is 55.7 Å². The van der Waals surface area contributed by atoms with Crippen molar-refractivity contribution in [3.8, 4) is 17.6 Å². The number of methoxy groups -OCH3 is 1. The molecule has 0 heterocycles. The Morgan fingerprint density at radius 3 is 2.33 bits per heavy atom. The second-order valence-corrected chi connectivity index (χ2v) is 7.70. The third-order valence-corrected chi connectivity index (χ3v) is 5.46. The largest absolute Gasteiger partial charge is 0.497 e. The van der Waals surface area contributed by atoms with Crippen LogP contribution in [0.3, 0.4) is 0 Å². The molecule has 0 fully saturated rings. The summed E-state index contributed by atoms with van der Waals surface area (Å²) >= 11 is 0. The van der Waals surface area contributed by atoms with Gasteiger partial charge in [-0.15, -0.1) is 0 Å². The first-order valence-electron chi connectivity index (χ1n) is 8.79. The molecule has 0 aromatic heterocycles. The van der Waals surface area contributed by atoms with E-state index in [0.29, 0.717) is 18.8 Å². The number of nitriles is 1. The van der Waals surface area contributed by atoms with Gasteiger partial charge in [0.2, 0.25) is 10.0 Å². The number of ether oxygens (including phenoxy) is 2. The molecule has 0 spiro atoms. The molecule has 6 nitrogen and oxygen atoms in total. The number of sulfonamides is 1. The van der Waals surface area contributed by atoms with E-state index in [1.165, 1.54) is 19.2 Å². The number of benzene rings is 2. The van der Waals surface area contributed by atoms with Gasteiger partial charge < -0.3 is 9.47 Å². The van der Waals surface area contributed by atoms with Crippen molar-refractivity contribution in [1.29, 1.82) is 5.26 Å². The summed E-state index contributed by atoms with van der Waals surface area (Å²) in [4.78, 5) is 0.111. The van der Waals surface area contributed by atoms with Gasteiger partial charge >= 0.3 is 0 Å². The zero-order valence-electron chi connectivity index (χ0n) is 15.3. The number of rotatable bonds is 11. The van der Waals surface area contributed by atoms with Gasteiger partial charge in [-0.2, -0.15) is 9.98 Å². The molecule has 2 aromatic rings. The Morgan fingerprint density at radius 1 is 1.00 bits per heavy atom. The summed E-state index contributed by atoms with van der Waals surface area (Å²) in [5.41, 5.74) is 0. The van der Waals surface area contributed by atoms with Crippen LogP contribution in [0.15, 0.2) is 59.5 Å². The predicted molar refractivity (Wildman–Crippen MR) is 103 cm³/mol. The van der Waals surface area contributed by atoms with Gasteiger partial charge in [0, 0.05) is 0 Å². The average Bonchev–Trinajstić information content (AvgIpc) is 2.70. The minimum absolute atomic E-state index is 0.111. The molecule has 0 amide bonds. The van der Waals surface area contributed by atoms with E-state index in [1.807, 2.05) is 36.4 Å². The fraction of sp³-hybridized carbons (Fsp3) is 0.350. The van der Waals surface area contributed by atoms with Gasteiger partial charge in [-0.1, -0.05) is 24.6 Å². The van der Waals surface area contributed by atoms with Gasteiger partial charge in [0.05, 0.1) is 24.7 Å². The summed E-state index contributed by atoms with van der Waals surface area (Å²) in [5, 5.41) is 9.25. The lowest BCUT2D eigenvalue weighted by Gasteiger charge is -2.12. The first-order chi connectivity index (χ1) is 13.0. The van der Waals surface area contributed by atoms with Gasteiger partial charge in [0.15, 0.2) is 0 Å². The highest BCUT2D eigenvalue weighted by Gasteiger charge is 2.19. The van der Waals surface area contributed by atoms with Gasteiger partial charge in [-0.25, -0.2) is 8.42 Å². The van der Waals surface area contributed by atoms with Crippen molar-refractivity contribution in [3.63, 3.8) is 0 Å². The standard InChI is InChI=1S/C20H24N2O4S/c1-25-18-11-13-20(14-12-18)27(23,24)22-17(16-21)8-4-3-7-15-26-19-9-5-2-6-10-19/h2,5-6,9-14,17,22H,3-4,7-8,15H2,1H3. The van der Waals surface area contributed by atoms with Crippen molar-refractivity contribution in [2.75, 3.05) is 13.7 Å². The molecule has 0 saturated carbocycles. The summed E-state index contributed by atoms with van der Waals surface area (Å²) in [7, 11) is -2.22. The second-order valence-electron chi connectivity index (χ2n) is 5.99. The molecule has 2 aromatic carbocycles. The Balaban J connectivity index is 1.73. The van der Waals surface area contributed by atoms with E-state index in [9.17, 15) is 13.7 Å². The summed E-state index contributed by atoms with van der Waals surface area (Å²) < 4.78 is 37.8. The van der Waals surface area contributed by atoms with E-state index in [-0.39, 0.29) is 4.90 Å². The zero-order chi connectivity index (χ0) is 19.5. The van der Waals surface area contributed by atoms with Crippen molar-refractivity contribution in [1.82, 2.24) is 4.72 Å². The summed E-state index contributed by atoms with van der Waals surface area (Å²) in [6.07, 6.45) is 2.90. The summed E-state index contributed by atoms with van der Waals surface area (Å²) in [5.74, 6) is 1.41. The Labute approximate surface area is 160 Å². The first-order valence-corrected chi connectivity index (χ1v) is 10.3. The quantitative estimate of drug-likeness (QED) is 0.595. The Morgan fingerprint density at radius 2 is 1.70 bits per heavy atom. The predicted octanol–water partition coefficient (Wildman–Crippen LogP) is 3.51. The van der Waals surface area contributed by atoms with Crippen LogP contribution in [0.2, 0.25) is 0 Å². The van der Waals surface area contributed by atoms with E-state index in [4.69, 9.17) is 9.47 Å². The van der Waals surface area contributed by atoms with Gasteiger partial charge in [0.1, 0.15) is 17.5 Å². The monoisotopic (exact) mass is 388 g/mol. The van der Waals surface area contributed by atoms with Gasteiger partial charge in [0.25, 0.3) is 0 Å². The molecular weight excluding hydrogens is 364 g/mol. The van der Waals surface area contributed by atoms with Crippen LogP contribution in [-0.2, 0) is 10.0 Å². The van der Waals surface area contributed by atoms with Gasteiger partial charge in [-0.3, -0.25) is 0 Å². The fourth-order valence-electron chi connectivity index (χ4n) is 2.49. The van der Waals surface area contributed by atoms with E-state index in [0.717, 1.165) is 25.0 Å². The molecule has 1 atom stereocenters. The molecule has 7 heteroatoms. The molecule has 0 bridgehead atoms. The van der Waals surface area contributed by atoms with Crippen molar-refractivity contribution in [2.24, 2.45) is 0 Å². The average molecular weight is 388 g/mol. The van der Waals surface area contributed by atoms with Crippen LogP contribution in [0.25, 0.3) is 0 Å². The molecular formula is C20H24N2O4S. The minimum Gasteiger partial charge on any atom is -0.497 e. The van der Waals surface area contributed by atoms with E-state index in [2.05, 4.69) is 4.72 Å². The molecule has 144 valence electrons. The molecule has 0 radical (unpaired) electrons. The smallest absolute Gasteiger partial charge is 0.241 e. The van der Waals surface area contributed by atoms with Crippen LogP contribution in [0.4, 0.5) is 0 Å². The van der Waals surface area contributed by atoms with Crippen molar-refractivity contribution in [3.05, 3.63) is 54.6 Å². The van der Waals surface area contributed by atoms with Crippen LogP contribution in [0.5, 0.6) is 11.5 Å². The third-order valence-electron chi connectivity index (χ3n) is 3.97. The van der Waals surface area contributed by atoms with E-state index >= 15 is 0 Å². The summed E-state index contributed by atoms with van der Waals surface area (Å²) in [6, 6.07) is 16.9. The fourth-order valence-corrected chi connectivity index (χ4v) is 3.67. The van der Waals surface area contributed by atoms with Crippen LogP contribution in [0.1, 0.15) is 25.7 Å². The second kappa shape index (κ2) is 10.6. The van der Waals surface area contributed by atoms with Crippen LogP contribution >= 0.6 is 0 Å². The molecule has 27 heavy (non-hydrogen) atoms. The van der Waals surface area contributed by atoms with Crippen molar-refractivity contribution in [2.45, 2.75) is 36.6 Å². The lowest BCUT2D eigenvalue weighted by atomic mass is 10.1. The Hall–Kier alpha value is -2.56. The van der Waals surface area contributed by atoms with Crippen LogP contribution in [0, 0.1) is 11.3 Å². The van der Waals surface area contributed by atoms with Crippen LogP contribution in [-0.4, -0.2) is 28.2 Å². The lowest BCUT2D eigenvalue weighted by Crippen LogP contribution is -2.33. The highest BCUT2D eigenvalue weighted by Crippen LogP contribution is 2.16. The van der Waals surface area contributed by atoms with E-state index < -0.39 is 16.1 Å². The highest BCUT2D eigenvalue weighted by molar-refractivity contribution is 7.89. The number of para-hydroxylation sites is 1. The molecule has 2 rings (SSSR count). The zero-order valence-corrected chi connectivity index (χ0v) is 16.1. The topological polar surface area (TPSA) is 88.4 Å². The Kier molecular flexibility index (Phi) is 8.11. The van der Waals surface area contributed by atoms with Crippen molar-refractivity contribution < 1.29 is 17.9 Å². The maximum Gasteiger partial charge on any atom is 0.241 e. The molecule has 0 aliphatic rings. The number of unbranched alkanes of at least 4 members (excludes halogenated alkanes) is 2. The van der Waals surface area contributed by atoms with E-state index in [1.54, 1.807) is 12.1 Å². The maximum atomic E-state index is 12.4. The molecule has 0 aliphatic heterocycles. The first kappa shape index (κ1) is 20.7. The molecule has 0 saturated heterocycles. The molecule has 1 unspecified atom stereocenters. The lowest BCUT2D eigenvalue weighted by molar-refractivity contribution is 0.304. The number of nitrogens with one attached hydrogen (secondary N) is 1. The minimum atomic E-state index is -3.73. The number of hydrogen-bond acceptors (Lipinski definition) is 5. The maximum absolute atomic E-state index is 12.4. The summed E-state index contributed by atoms with van der Waals surface area (Å²) in [6.45, 7) is 0.596. The van der Waals surface area contributed by atoms with Crippen LogP contribution < -0.4 is 14.2 Å². The highest BCUT2D eigenvalue weighted by atomic mass is 32.2.